The van der Waals surface area contributed by atoms with Crippen molar-refractivity contribution < 1.29 is 31.8 Å². The second kappa shape index (κ2) is 5.58. The Hall–Kier alpha value is 0.449. The Morgan fingerprint density at radius 2 is 2.00 bits per heavy atom. The number of thiol groups is 2. The van der Waals surface area contributed by atoms with E-state index in [9.17, 15) is 9.90 Å². The third-order valence-corrected chi connectivity index (χ3v) is 0.319. The summed E-state index contributed by atoms with van der Waals surface area (Å²) >= 11 is 6.58. The van der Waals surface area contributed by atoms with Gasteiger partial charge in [0.05, 0.1) is 0 Å². The van der Waals surface area contributed by atoms with E-state index in [4.69, 9.17) is 0 Å². The molecule has 4 nitrogen and oxygen atoms in total. The van der Waals surface area contributed by atoms with Gasteiger partial charge in [-0.25, -0.2) is 0 Å². The summed E-state index contributed by atoms with van der Waals surface area (Å²) in [7, 11) is 0. The molecule has 0 fully saturated rings. The minimum Gasteiger partial charge on any atom is -0.445 e. The predicted molar refractivity (Wildman–Crippen MR) is 26.3 cm³/mol. The molecule has 0 spiro atoms. The van der Waals surface area contributed by atoms with E-state index >= 15 is 0 Å². The van der Waals surface area contributed by atoms with Crippen LogP contribution in [0.3, 0.4) is 0 Å². The van der Waals surface area contributed by atoms with Crippen molar-refractivity contribution in [2.75, 3.05) is 0 Å². The summed E-state index contributed by atoms with van der Waals surface area (Å²) in [6.45, 7) is 0. The summed E-state index contributed by atoms with van der Waals surface area (Å²) in [6.07, 6.45) is -1.69. The molecular weight excluding hydrogens is 202 g/mol. The molecule has 0 N–H and O–H groups in total. The molecule has 0 rings (SSSR count). The summed E-state index contributed by atoms with van der Waals surface area (Å²) in [5.41, 5.74) is 0. The Morgan fingerprint density at radius 3 is 2.00 bits per heavy atom. The van der Waals surface area contributed by atoms with Crippen LogP contribution < -0.4 is 5.11 Å². The molecule has 7 heteroatoms. The first-order valence-corrected chi connectivity index (χ1v) is 1.99. The van der Waals surface area contributed by atoms with Gasteiger partial charge >= 0.3 is 17.1 Å². The van der Waals surface area contributed by atoms with Crippen LogP contribution in [0.2, 0.25) is 0 Å². The maximum Gasteiger partial charge on any atom is 1.00 e. The van der Waals surface area contributed by atoms with E-state index < -0.39 is 6.16 Å². The quantitative estimate of drug-likeness (QED) is 0.335. The van der Waals surface area contributed by atoms with E-state index in [-0.39, 0.29) is 17.1 Å². The fourth-order valence-electron chi connectivity index (χ4n) is 0.0667. The molecule has 0 atom stereocenters. The molecule has 0 saturated heterocycles. The van der Waals surface area contributed by atoms with Crippen LogP contribution in [0.1, 0.15) is 0 Å². The molecule has 0 saturated carbocycles. The van der Waals surface area contributed by atoms with Gasteiger partial charge in [0, 0.05) is 0 Å². The number of carboxylic acid groups (broad SMARTS) is 1. The average Bonchev–Trinajstić information content (AvgIpc) is 1.27. The molecule has 0 aromatic heterocycles. The van der Waals surface area contributed by atoms with Crippen molar-refractivity contribution in [1.29, 1.82) is 0 Å². The fourth-order valence-corrected chi connectivity index (χ4v) is 0.200. The van der Waals surface area contributed by atoms with Crippen molar-refractivity contribution in [3.63, 3.8) is 0 Å². The number of rotatable bonds is 1. The van der Waals surface area contributed by atoms with Crippen LogP contribution in [-0.2, 0) is 21.9 Å². The summed E-state index contributed by atoms with van der Waals surface area (Å²) in [5.74, 6) is 0. The van der Waals surface area contributed by atoms with Crippen molar-refractivity contribution in [1.82, 2.24) is 3.87 Å². The van der Waals surface area contributed by atoms with E-state index in [0.717, 1.165) is 0 Å². The zero-order valence-corrected chi connectivity index (χ0v) is 6.10. The van der Waals surface area contributed by atoms with Gasteiger partial charge in [0.1, 0.15) is 0 Å². The van der Waals surface area contributed by atoms with Crippen molar-refractivity contribution in [2.45, 2.75) is 0 Å². The predicted octanol–water partition coefficient (Wildman–Crippen LogP) is -0.750. The van der Waals surface area contributed by atoms with Gasteiger partial charge in [-0.1, -0.05) is 29.5 Å². The van der Waals surface area contributed by atoms with Gasteiger partial charge in [-0.15, -0.1) is 0 Å². The van der Waals surface area contributed by atoms with Crippen LogP contribution in [0.5, 0.6) is 0 Å². The van der Waals surface area contributed by atoms with Crippen LogP contribution in [0.15, 0.2) is 0 Å². The Balaban J connectivity index is 0. The molecule has 0 aromatic carbocycles. The van der Waals surface area contributed by atoms with Gasteiger partial charge in [-0.3, -0.25) is 0 Å². The van der Waals surface area contributed by atoms with Crippen LogP contribution in [-0.4, -0.2) is 10.0 Å². The first-order chi connectivity index (χ1) is 3.13. The first kappa shape index (κ1) is 11.3. The maximum absolute atomic E-state index is 9.34. The topological polar surface area (TPSA) is 52.6 Å². The van der Waals surface area contributed by atoms with E-state index in [1.165, 1.54) is 0 Å². The van der Waals surface area contributed by atoms with Gasteiger partial charge in [0.15, 0.2) is 0 Å². The third-order valence-electron chi connectivity index (χ3n) is 0.156. The smallest absolute Gasteiger partial charge is 0.445 e. The monoisotopic (exact) mass is 203 g/mol. The second-order valence-electron chi connectivity index (χ2n) is 0.594. The van der Waals surface area contributed by atoms with Gasteiger partial charge < -0.3 is 14.7 Å². The zero-order chi connectivity index (χ0) is 5.86. The minimum absolute atomic E-state index is 0. The van der Waals surface area contributed by atoms with Gasteiger partial charge in [-0.05, 0) is 0 Å². The van der Waals surface area contributed by atoms with Gasteiger partial charge in [-0.2, -0.15) is 0 Å². The largest absolute Gasteiger partial charge is 1.00 e. The molecular formula is CH2CuNO3S2. The number of nitrogens with zero attached hydrogens (tertiary/aromatic N) is 1. The SMILES string of the molecule is O=C([O-])ON(S)S.[Cu+]. The number of hydrogen-bond donors (Lipinski definition) is 2. The van der Waals surface area contributed by atoms with Crippen molar-refractivity contribution in [3.05, 3.63) is 0 Å². The van der Waals surface area contributed by atoms with Crippen molar-refractivity contribution in [2.24, 2.45) is 0 Å². The molecule has 0 radical (unpaired) electrons. The van der Waals surface area contributed by atoms with E-state index in [0.29, 0.717) is 3.87 Å². The molecule has 0 unspecified atom stereocenters. The summed E-state index contributed by atoms with van der Waals surface area (Å²) in [4.78, 5) is 13.0. The average molecular weight is 204 g/mol. The van der Waals surface area contributed by atoms with Crippen LogP contribution in [0, 0.1) is 0 Å². The van der Waals surface area contributed by atoms with Gasteiger partial charge in [0.25, 0.3) is 6.16 Å². The van der Waals surface area contributed by atoms with E-state index in [2.05, 4.69) is 30.5 Å². The summed E-state index contributed by atoms with van der Waals surface area (Å²) < 4.78 is 0.426. The Morgan fingerprint density at radius 1 is 1.62 bits per heavy atom. The van der Waals surface area contributed by atoms with E-state index in [1.807, 2.05) is 0 Å². The Bertz CT molecular complexity index is 77.7. The minimum atomic E-state index is -1.69. The number of hydrogen-bond acceptors (Lipinski definition) is 6. The molecule has 0 amide bonds. The molecule has 52 valence electrons. The Labute approximate surface area is 67.7 Å². The summed E-state index contributed by atoms with van der Waals surface area (Å²) in [5, 5.41) is 9.34. The number of carbonyl (C=O) groups is 1. The zero-order valence-electron chi connectivity index (χ0n) is 3.37. The summed E-state index contributed by atoms with van der Waals surface area (Å²) in [6, 6.07) is 0. The molecule has 0 aromatic rings. The maximum atomic E-state index is 9.34. The molecule has 0 bridgehead atoms. The van der Waals surface area contributed by atoms with Gasteiger partial charge in [0.2, 0.25) is 0 Å². The molecule has 0 aliphatic heterocycles. The molecule has 0 aliphatic rings. The van der Waals surface area contributed by atoms with E-state index in [1.54, 1.807) is 0 Å². The molecule has 0 heterocycles. The standard InChI is InChI=1S/CH3NO3S2.Cu/c3-1(4)5-2(6)7;/h6-7H,(H,3,4);/q;+1/p-1. The number of carbonyl (C=O) groups excluding carboxylic acids is 1. The van der Waals surface area contributed by atoms with Crippen LogP contribution in [0.4, 0.5) is 4.79 Å². The second-order valence-corrected chi connectivity index (χ2v) is 1.64. The molecule has 0 aliphatic carbocycles. The van der Waals surface area contributed by atoms with Crippen molar-refractivity contribution >= 4 is 31.8 Å². The molecule has 8 heavy (non-hydrogen) atoms. The third kappa shape index (κ3) is 9.67. The normalized spacial score (nSPS) is 7.88. The van der Waals surface area contributed by atoms with Crippen LogP contribution in [0.25, 0.3) is 0 Å². The van der Waals surface area contributed by atoms with Crippen molar-refractivity contribution in [3.8, 4) is 0 Å². The Kier molecular flexibility index (Phi) is 7.87. The van der Waals surface area contributed by atoms with Crippen LogP contribution >= 0.6 is 25.6 Å². The first-order valence-electron chi connectivity index (χ1n) is 1.19. The fraction of sp³-hybridized carbons (Fsp3) is 0.